The molecule has 1 aromatic carbocycles. The van der Waals surface area contributed by atoms with E-state index >= 15 is 0 Å². The van der Waals surface area contributed by atoms with E-state index in [2.05, 4.69) is 5.90 Å². The lowest BCUT2D eigenvalue weighted by molar-refractivity contribution is 0.311. The molecule has 0 saturated heterocycles. The highest BCUT2D eigenvalue weighted by Gasteiger charge is 2.02. The Labute approximate surface area is 70.5 Å². The van der Waals surface area contributed by atoms with E-state index in [4.69, 9.17) is 9.94 Å². The van der Waals surface area contributed by atoms with Gasteiger partial charge in [-0.1, -0.05) is 12.1 Å². The maximum atomic E-state index is 12.9. The maximum Gasteiger partial charge on any atom is 0.167 e. The second-order valence-electron chi connectivity index (χ2n) is 2.09. The molecule has 0 saturated carbocycles. The van der Waals surface area contributed by atoms with Crippen molar-refractivity contribution in [3.63, 3.8) is 0 Å². The molecule has 0 aliphatic heterocycles. The number of aryl methyl sites for hydroxylation is 1. The molecule has 1 rings (SSSR count). The van der Waals surface area contributed by atoms with E-state index in [1.165, 1.54) is 7.11 Å². The van der Waals surface area contributed by atoms with Crippen molar-refractivity contribution in [2.45, 2.75) is 6.92 Å². The normalized spacial score (nSPS) is 8.42. The fourth-order valence-electron chi connectivity index (χ4n) is 0.778. The molecular weight excluding hydrogens is 161 g/mol. The van der Waals surface area contributed by atoms with Gasteiger partial charge in [-0.2, -0.15) is 0 Å². The third-order valence-corrected chi connectivity index (χ3v) is 1.38. The van der Waals surface area contributed by atoms with Crippen LogP contribution in [0.15, 0.2) is 18.2 Å². The van der Waals surface area contributed by atoms with Gasteiger partial charge in [0.25, 0.3) is 0 Å². The van der Waals surface area contributed by atoms with Gasteiger partial charge in [-0.25, -0.2) is 10.3 Å². The summed E-state index contributed by atoms with van der Waals surface area (Å²) in [4.78, 5) is 0. The van der Waals surface area contributed by atoms with E-state index in [0.717, 1.165) is 0 Å². The summed E-state index contributed by atoms with van der Waals surface area (Å²) in [6.07, 6.45) is 0. The van der Waals surface area contributed by atoms with Gasteiger partial charge in [-0.15, -0.1) is 0 Å². The van der Waals surface area contributed by atoms with E-state index in [0.29, 0.717) is 11.3 Å². The lowest BCUT2D eigenvalue weighted by Crippen LogP contribution is -1.89. The van der Waals surface area contributed by atoms with Crippen LogP contribution >= 0.6 is 0 Å². The van der Waals surface area contributed by atoms with E-state index in [1.807, 2.05) is 0 Å². The van der Waals surface area contributed by atoms with Crippen LogP contribution in [0, 0.1) is 12.7 Å². The van der Waals surface area contributed by atoms with Gasteiger partial charge >= 0.3 is 0 Å². The van der Waals surface area contributed by atoms with E-state index in [-0.39, 0.29) is 5.82 Å². The summed E-state index contributed by atoms with van der Waals surface area (Å²) in [6.45, 7) is 1.71. The molecular formula is C8H12FNO2. The standard InChI is InChI=1S/C8H9FO.H3NO/c1-6-4-3-5-7(10-2)8(6)9;1-2/h3-5H,1-2H3;2H,1H2. The molecule has 0 aromatic heterocycles. The third kappa shape index (κ3) is 2.48. The predicted molar refractivity (Wildman–Crippen MR) is 43.7 cm³/mol. The number of ether oxygens (including phenoxy) is 1. The molecule has 0 heterocycles. The number of halogens is 1. The Hall–Kier alpha value is -1.13. The van der Waals surface area contributed by atoms with Gasteiger partial charge < -0.3 is 9.94 Å². The highest BCUT2D eigenvalue weighted by Crippen LogP contribution is 2.18. The molecule has 0 bridgehead atoms. The summed E-state index contributed by atoms with van der Waals surface area (Å²) in [5, 5.41) is 6.50. The Kier molecular flexibility index (Phi) is 4.99. The molecule has 0 atom stereocenters. The Morgan fingerprint density at radius 2 is 2.00 bits per heavy atom. The first-order valence-corrected chi connectivity index (χ1v) is 3.30. The first-order valence-electron chi connectivity index (χ1n) is 3.30. The Morgan fingerprint density at radius 3 is 2.42 bits per heavy atom. The van der Waals surface area contributed by atoms with Crippen molar-refractivity contribution in [2.24, 2.45) is 5.90 Å². The van der Waals surface area contributed by atoms with Gasteiger partial charge in [0.15, 0.2) is 11.6 Å². The zero-order valence-electron chi connectivity index (χ0n) is 7.04. The van der Waals surface area contributed by atoms with E-state index < -0.39 is 0 Å². The SMILES string of the molecule is COc1cccc(C)c1F.NO. The maximum absolute atomic E-state index is 12.9. The van der Waals surface area contributed by atoms with Crippen molar-refractivity contribution in [1.82, 2.24) is 0 Å². The fraction of sp³-hybridized carbons (Fsp3) is 0.250. The van der Waals surface area contributed by atoms with Crippen LogP contribution in [0.25, 0.3) is 0 Å². The lowest BCUT2D eigenvalue weighted by atomic mass is 10.2. The second-order valence-corrected chi connectivity index (χ2v) is 2.09. The Balaban J connectivity index is 0.000000561. The number of methoxy groups -OCH3 is 1. The molecule has 0 amide bonds. The molecule has 0 unspecified atom stereocenters. The van der Waals surface area contributed by atoms with Crippen molar-refractivity contribution in [3.8, 4) is 5.75 Å². The molecule has 12 heavy (non-hydrogen) atoms. The number of hydrogen-bond acceptors (Lipinski definition) is 3. The van der Waals surface area contributed by atoms with Crippen molar-refractivity contribution in [3.05, 3.63) is 29.6 Å². The van der Waals surface area contributed by atoms with Crippen LogP contribution in [0.3, 0.4) is 0 Å². The minimum Gasteiger partial charge on any atom is -0.494 e. The van der Waals surface area contributed by atoms with Crippen molar-refractivity contribution >= 4 is 0 Å². The van der Waals surface area contributed by atoms with Crippen LogP contribution < -0.4 is 10.6 Å². The minimum absolute atomic E-state index is 0.273. The van der Waals surface area contributed by atoms with Crippen molar-refractivity contribution < 1.29 is 14.3 Å². The van der Waals surface area contributed by atoms with Crippen LogP contribution in [0.4, 0.5) is 4.39 Å². The molecule has 0 spiro atoms. The monoisotopic (exact) mass is 173 g/mol. The fourth-order valence-corrected chi connectivity index (χ4v) is 0.778. The second kappa shape index (κ2) is 5.51. The highest BCUT2D eigenvalue weighted by molar-refractivity contribution is 5.29. The van der Waals surface area contributed by atoms with E-state index in [1.54, 1.807) is 25.1 Å². The topological polar surface area (TPSA) is 55.5 Å². The molecule has 0 aliphatic carbocycles. The lowest BCUT2D eigenvalue weighted by Gasteiger charge is -2.01. The van der Waals surface area contributed by atoms with Gasteiger partial charge in [0.1, 0.15) is 0 Å². The van der Waals surface area contributed by atoms with Gasteiger partial charge in [-0.3, -0.25) is 0 Å². The zero-order chi connectivity index (χ0) is 9.56. The third-order valence-electron chi connectivity index (χ3n) is 1.38. The predicted octanol–water partition coefficient (Wildman–Crippen LogP) is 1.48. The van der Waals surface area contributed by atoms with Crippen LogP contribution in [0.5, 0.6) is 5.75 Å². The highest BCUT2D eigenvalue weighted by atomic mass is 19.1. The van der Waals surface area contributed by atoms with Crippen molar-refractivity contribution in [1.29, 1.82) is 0 Å². The Morgan fingerprint density at radius 1 is 1.42 bits per heavy atom. The number of nitrogens with two attached hydrogens (primary N) is 1. The summed E-state index contributed by atoms with van der Waals surface area (Å²) >= 11 is 0. The summed E-state index contributed by atoms with van der Waals surface area (Å²) in [5.74, 6) is 3.53. The number of hydrogen-bond donors (Lipinski definition) is 2. The van der Waals surface area contributed by atoms with Gasteiger partial charge in [0.05, 0.1) is 7.11 Å². The van der Waals surface area contributed by atoms with Crippen LogP contribution in [-0.2, 0) is 0 Å². The smallest absolute Gasteiger partial charge is 0.167 e. The molecule has 4 heteroatoms. The Bertz CT molecular complexity index is 240. The van der Waals surface area contributed by atoms with Gasteiger partial charge in [-0.05, 0) is 18.6 Å². The summed E-state index contributed by atoms with van der Waals surface area (Å²) in [6, 6.07) is 5.07. The molecule has 3 nitrogen and oxygen atoms in total. The first-order chi connectivity index (χ1) is 5.75. The number of benzene rings is 1. The van der Waals surface area contributed by atoms with Gasteiger partial charge in [0.2, 0.25) is 0 Å². The van der Waals surface area contributed by atoms with Crippen LogP contribution in [0.2, 0.25) is 0 Å². The largest absolute Gasteiger partial charge is 0.494 e. The van der Waals surface area contributed by atoms with E-state index in [9.17, 15) is 4.39 Å². The first kappa shape index (κ1) is 10.9. The average Bonchev–Trinajstić information content (AvgIpc) is 2.13. The zero-order valence-corrected chi connectivity index (χ0v) is 7.04. The molecule has 0 fully saturated rings. The number of rotatable bonds is 1. The van der Waals surface area contributed by atoms with Crippen molar-refractivity contribution in [2.75, 3.05) is 7.11 Å². The minimum atomic E-state index is -0.273. The summed E-state index contributed by atoms with van der Waals surface area (Å²) < 4.78 is 17.6. The summed E-state index contributed by atoms with van der Waals surface area (Å²) in [5.41, 5.74) is 0.611. The molecule has 0 radical (unpaired) electrons. The molecule has 1 aromatic rings. The average molecular weight is 173 g/mol. The molecule has 68 valence electrons. The van der Waals surface area contributed by atoms with Crippen LogP contribution in [-0.4, -0.2) is 12.3 Å². The van der Waals surface area contributed by atoms with Crippen LogP contribution in [0.1, 0.15) is 5.56 Å². The summed E-state index contributed by atoms with van der Waals surface area (Å²) in [7, 11) is 1.46. The molecule has 0 aliphatic rings. The quantitative estimate of drug-likeness (QED) is 0.632. The molecule has 3 N–H and O–H groups in total. The van der Waals surface area contributed by atoms with Gasteiger partial charge in [0, 0.05) is 0 Å².